The molecule has 1 heterocycles. The van der Waals surface area contributed by atoms with Crippen LogP contribution in [0.5, 0.6) is 5.75 Å². The van der Waals surface area contributed by atoms with Crippen molar-refractivity contribution in [2.75, 3.05) is 12.8 Å². The smallest absolute Gasteiger partial charge is 0.142 e. The summed E-state index contributed by atoms with van der Waals surface area (Å²) in [6.07, 6.45) is 4.46. The van der Waals surface area contributed by atoms with Crippen LogP contribution in [0.3, 0.4) is 0 Å². The summed E-state index contributed by atoms with van der Waals surface area (Å²) in [5, 5.41) is 10.4. The summed E-state index contributed by atoms with van der Waals surface area (Å²) in [6, 6.07) is 5.42. The number of hydrogen-bond acceptors (Lipinski definition) is 4. The molecule has 0 saturated heterocycles. The second-order valence-electron chi connectivity index (χ2n) is 4.72. The maximum atomic E-state index is 10.4. The standard InChI is InChI=1S/C15H21N3O2/c1-3-8-18-9-7-17-14(18)10-12(19)11-5-4-6-13(20-2)15(11)16/h4-7,9,12,19H,3,8,10,16H2,1-2H3. The van der Waals surface area contributed by atoms with E-state index in [0.29, 0.717) is 23.4 Å². The molecule has 2 rings (SSSR count). The maximum Gasteiger partial charge on any atom is 0.142 e. The normalized spacial score (nSPS) is 12.3. The van der Waals surface area contributed by atoms with Crippen molar-refractivity contribution in [3.8, 4) is 5.75 Å². The molecule has 1 aromatic heterocycles. The Morgan fingerprint density at radius 3 is 2.95 bits per heavy atom. The molecular weight excluding hydrogens is 254 g/mol. The molecule has 0 spiro atoms. The van der Waals surface area contributed by atoms with Gasteiger partial charge in [0, 0.05) is 30.9 Å². The molecule has 0 radical (unpaired) electrons. The van der Waals surface area contributed by atoms with Gasteiger partial charge in [0.25, 0.3) is 0 Å². The van der Waals surface area contributed by atoms with Gasteiger partial charge >= 0.3 is 0 Å². The second-order valence-corrected chi connectivity index (χ2v) is 4.72. The number of aliphatic hydroxyl groups excluding tert-OH is 1. The molecule has 1 aromatic carbocycles. The van der Waals surface area contributed by atoms with Crippen LogP contribution in [0.2, 0.25) is 0 Å². The summed E-state index contributed by atoms with van der Waals surface area (Å²) in [5.74, 6) is 1.44. The number of nitrogen functional groups attached to an aromatic ring is 1. The van der Waals surface area contributed by atoms with Gasteiger partial charge in [0.15, 0.2) is 0 Å². The zero-order valence-corrected chi connectivity index (χ0v) is 11.9. The predicted molar refractivity (Wildman–Crippen MR) is 78.6 cm³/mol. The van der Waals surface area contributed by atoms with Gasteiger partial charge in [0.05, 0.1) is 18.9 Å². The van der Waals surface area contributed by atoms with Crippen LogP contribution in [0.15, 0.2) is 30.6 Å². The summed E-state index contributed by atoms with van der Waals surface area (Å²) in [7, 11) is 1.57. The van der Waals surface area contributed by atoms with E-state index in [9.17, 15) is 5.11 Å². The Balaban J connectivity index is 2.19. The lowest BCUT2D eigenvalue weighted by atomic mass is 10.0. The van der Waals surface area contributed by atoms with E-state index in [0.717, 1.165) is 18.8 Å². The molecule has 20 heavy (non-hydrogen) atoms. The van der Waals surface area contributed by atoms with Crippen LogP contribution in [-0.2, 0) is 13.0 Å². The summed E-state index contributed by atoms with van der Waals surface area (Å²) >= 11 is 0. The molecule has 0 aliphatic rings. The molecule has 1 unspecified atom stereocenters. The molecule has 1 atom stereocenters. The number of aromatic nitrogens is 2. The first-order valence-corrected chi connectivity index (χ1v) is 6.77. The first-order valence-electron chi connectivity index (χ1n) is 6.77. The van der Waals surface area contributed by atoms with Crippen LogP contribution in [0.1, 0.15) is 30.8 Å². The topological polar surface area (TPSA) is 73.3 Å². The number of para-hydroxylation sites is 1. The van der Waals surface area contributed by atoms with Crippen molar-refractivity contribution in [1.82, 2.24) is 9.55 Å². The molecule has 0 aliphatic carbocycles. The fourth-order valence-corrected chi connectivity index (χ4v) is 2.29. The fraction of sp³-hybridized carbons (Fsp3) is 0.400. The minimum absolute atomic E-state index is 0.435. The van der Waals surface area contributed by atoms with Gasteiger partial charge in [0.2, 0.25) is 0 Å². The third kappa shape index (κ3) is 2.93. The van der Waals surface area contributed by atoms with Gasteiger partial charge in [-0.25, -0.2) is 4.98 Å². The van der Waals surface area contributed by atoms with Crippen molar-refractivity contribution in [2.24, 2.45) is 0 Å². The predicted octanol–water partition coefficient (Wildman–Crippen LogP) is 2.16. The third-order valence-corrected chi connectivity index (χ3v) is 3.32. The van der Waals surface area contributed by atoms with Gasteiger partial charge in [-0.3, -0.25) is 0 Å². The van der Waals surface area contributed by atoms with E-state index in [1.165, 1.54) is 0 Å². The van der Waals surface area contributed by atoms with E-state index in [1.54, 1.807) is 19.4 Å². The highest BCUT2D eigenvalue weighted by Crippen LogP contribution is 2.30. The van der Waals surface area contributed by atoms with Crippen molar-refractivity contribution < 1.29 is 9.84 Å². The SMILES string of the molecule is CCCn1ccnc1CC(O)c1cccc(OC)c1N. The number of anilines is 1. The lowest BCUT2D eigenvalue weighted by Crippen LogP contribution is -2.11. The van der Waals surface area contributed by atoms with Gasteiger partial charge < -0.3 is 20.1 Å². The van der Waals surface area contributed by atoms with Gasteiger partial charge in [-0.05, 0) is 12.5 Å². The average Bonchev–Trinajstić information content (AvgIpc) is 2.86. The number of aryl methyl sites for hydroxylation is 1. The van der Waals surface area contributed by atoms with Crippen LogP contribution in [0.25, 0.3) is 0 Å². The van der Waals surface area contributed by atoms with Gasteiger partial charge in [-0.15, -0.1) is 0 Å². The van der Waals surface area contributed by atoms with Crippen molar-refractivity contribution in [1.29, 1.82) is 0 Å². The Labute approximate surface area is 119 Å². The number of nitrogens with zero attached hydrogens (tertiary/aromatic N) is 2. The van der Waals surface area contributed by atoms with E-state index in [4.69, 9.17) is 10.5 Å². The molecule has 0 saturated carbocycles. The molecule has 3 N–H and O–H groups in total. The van der Waals surface area contributed by atoms with E-state index < -0.39 is 6.10 Å². The minimum atomic E-state index is -0.692. The fourth-order valence-electron chi connectivity index (χ4n) is 2.29. The second kappa shape index (κ2) is 6.43. The molecule has 0 fully saturated rings. The first kappa shape index (κ1) is 14.4. The third-order valence-electron chi connectivity index (χ3n) is 3.32. The monoisotopic (exact) mass is 275 g/mol. The Morgan fingerprint density at radius 1 is 1.45 bits per heavy atom. The number of methoxy groups -OCH3 is 1. The number of benzene rings is 1. The van der Waals surface area contributed by atoms with Crippen molar-refractivity contribution in [3.05, 3.63) is 42.0 Å². The van der Waals surface area contributed by atoms with E-state index >= 15 is 0 Å². The lowest BCUT2D eigenvalue weighted by molar-refractivity contribution is 0.175. The van der Waals surface area contributed by atoms with Crippen LogP contribution >= 0.6 is 0 Å². The maximum absolute atomic E-state index is 10.4. The summed E-state index contributed by atoms with van der Waals surface area (Å²) in [6.45, 7) is 3.01. The Kier molecular flexibility index (Phi) is 4.63. The molecule has 0 aliphatic heterocycles. The molecule has 108 valence electrons. The molecule has 0 bridgehead atoms. The first-order chi connectivity index (χ1) is 9.67. The number of rotatable bonds is 6. The van der Waals surface area contributed by atoms with Crippen LogP contribution < -0.4 is 10.5 Å². The highest BCUT2D eigenvalue weighted by molar-refractivity contribution is 5.59. The number of nitrogens with two attached hydrogens (primary N) is 1. The van der Waals surface area contributed by atoms with Gasteiger partial charge in [-0.2, -0.15) is 0 Å². The zero-order chi connectivity index (χ0) is 14.5. The summed E-state index contributed by atoms with van der Waals surface area (Å²) in [4.78, 5) is 4.30. The highest BCUT2D eigenvalue weighted by Gasteiger charge is 2.16. The molecule has 5 heteroatoms. The Hall–Kier alpha value is -2.01. The Morgan fingerprint density at radius 2 is 2.25 bits per heavy atom. The molecule has 5 nitrogen and oxygen atoms in total. The summed E-state index contributed by atoms with van der Waals surface area (Å²) in [5.41, 5.74) is 7.17. The Bertz CT molecular complexity index is 566. The quantitative estimate of drug-likeness (QED) is 0.792. The lowest BCUT2D eigenvalue weighted by Gasteiger charge is -2.16. The van der Waals surface area contributed by atoms with Crippen LogP contribution in [0, 0.1) is 0 Å². The molecule has 0 amide bonds. The zero-order valence-electron chi connectivity index (χ0n) is 11.9. The number of aliphatic hydroxyl groups is 1. The van der Waals surface area contributed by atoms with Crippen molar-refractivity contribution >= 4 is 5.69 Å². The number of ether oxygens (including phenoxy) is 1. The van der Waals surface area contributed by atoms with Crippen molar-refractivity contribution in [3.63, 3.8) is 0 Å². The van der Waals surface area contributed by atoms with Crippen molar-refractivity contribution in [2.45, 2.75) is 32.4 Å². The van der Waals surface area contributed by atoms with Crippen LogP contribution in [0.4, 0.5) is 5.69 Å². The summed E-state index contributed by atoms with van der Waals surface area (Å²) < 4.78 is 7.23. The van der Waals surface area contributed by atoms with Crippen LogP contribution in [-0.4, -0.2) is 21.8 Å². The molecule has 2 aromatic rings. The number of hydrogen-bond donors (Lipinski definition) is 2. The largest absolute Gasteiger partial charge is 0.495 e. The molecular formula is C15H21N3O2. The number of imidazole rings is 1. The van der Waals surface area contributed by atoms with E-state index in [1.807, 2.05) is 18.3 Å². The van der Waals surface area contributed by atoms with E-state index in [-0.39, 0.29) is 0 Å². The van der Waals surface area contributed by atoms with Gasteiger partial charge in [0.1, 0.15) is 11.6 Å². The van der Waals surface area contributed by atoms with E-state index in [2.05, 4.69) is 16.5 Å². The highest BCUT2D eigenvalue weighted by atomic mass is 16.5. The average molecular weight is 275 g/mol. The minimum Gasteiger partial charge on any atom is -0.495 e. The van der Waals surface area contributed by atoms with Gasteiger partial charge in [-0.1, -0.05) is 19.1 Å².